The van der Waals surface area contributed by atoms with Gasteiger partial charge in [0, 0.05) is 25.8 Å². The number of carbonyl (C=O) groups is 1. The van der Waals surface area contributed by atoms with Crippen LogP contribution in [0.1, 0.15) is 40.8 Å². The van der Waals surface area contributed by atoms with E-state index in [1.165, 1.54) is 12.3 Å². The van der Waals surface area contributed by atoms with E-state index < -0.39 is 17.1 Å². The van der Waals surface area contributed by atoms with Crippen LogP contribution in [-0.2, 0) is 11.2 Å². The van der Waals surface area contributed by atoms with Gasteiger partial charge >= 0.3 is 0 Å². The van der Waals surface area contributed by atoms with Gasteiger partial charge in [0.2, 0.25) is 11.9 Å². The molecule has 2 N–H and O–H groups in total. The highest BCUT2D eigenvalue weighted by molar-refractivity contribution is 8.00. The lowest BCUT2D eigenvalue weighted by molar-refractivity contribution is -0.117. The first-order chi connectivity index (χ1) is 15.4. The standard InChI is InChI=1S/C22H24FN7OS/c1-3-15-16(11-24)21(30-8-4-7-29(2)9-10-30)28-22(17(15)12-25)32-19(20(26)31)14-5-6-18(23)27-13-14/h5-6,13,19H,3-4,7-10H2,1-2H3,(H2,26,31). The van der Waals surface area contributed by atoms with Crippen molar-refractivity contribution in [2.75, 3.05) is 38.1 Å². The number of anilines is 1. The fraction of sp³-hybridized carbons (Fsp3) is 0.409. The molecule has 0 aliphatic carbocycles. The van der Waals surface area contributed by atoms with Gasteiger partial charge in [-0.1, -0.05) is 24.8 Å². The number of thioether (sulfide) groups is 1. The number of primary amides is 1. The molecule has 0 radical (unpaired) electrons. The number of hydrogen-bond acceptors (Lipinski definition) is 8. The number of halogens is 1. The molecule has 166 valence electrons. The zero-order valence-corrected chi connectivity index (χ0v) is 18.8. The number of amides is 1. The third-order valence-corrected chi connectivity index (χ3v) is 6.64. The Kier molecular flexibility index (Phi) is 7.62. The van der Waals surface area contributed by atoms with Crippen LogP contribution in [0.15, 0.2) is 23.4 Å². The van der Waals surface area contributed by atoms with Gasteiger partial charge in [-0.25, -0.2) is 9.97 Å². The van der Waals surface area contributed by atoms with E-state index in [4.69, 9.17) is 10.7 Å². The molecule has 1 atom stereocenters. The van der Waals surface area contributed by atoms with Gasteiger partial charge < -0.3 is 15.5 Å². The SMILES string of the molecule is CCc1c(C#N)c(SC(C(N)=O)c2ccc(F)nc2)nc(N2CCCN(C)CC2)c1C#N. The first kappa shape index (κ1) is 23.5. The summed E-state index contributed by atoms with van der Waals surface area (Å²) in [4.78, 5) is 24.8. The fourth-order valence-electron chi connectivity index (χ4n) is 3.70. The van der Waals surface area contributed by atoms with Gasteiger partial charge in [0.15, 0.2) is 0 Å². The lowest BCUT2D eigenvalue weighted by atomic mass is 10.0. The maximum absolute atomic E-state index is 13.3. The van der Waals surface area contributed by atoms with Crippen molar-refractivity contribution < 1.29 is 9.18 Å². The molecule has 1 unspecified atom stereocenters. The van der Waals surface area contributed by atoms with Crippen molar-refractivity contribution in [3.63, 3.8) is 0 Å². The molecule has 0 bridgehead atoms. The smallest absolute Gasteiger partial charge is 0.235 e. The Hall–Kier alpha value is -3.21. The largest absolute Gasteiger partial charge is 0.368 e. The lowest BCUT2D eigenvalue weighted by Gasteiger charge is -2.25. The first-order valence-electron chi connectivity index (χ1n) is 10.3. The molecule has 0 spiro atoms. The van der Waals surface area contributed by atoms with Gasteiger partial charge in [-0.05, 0) is 43.6 Å². The monoisotopic (exact) mass is 453 g/mol. The van der Waals surface area contributed by atoms with E-state index in [0.29, 0.717) is 40.5 Å². The van der Waals surface area contributed by atoms with Crippen LogP contribution >= 0.6 is 11.8 Å². The molecule has 1 fully saturated rings. The summed E-state index contributed by atoms with van der Waals surface area (Å²) in [7, 11) is 2.05. The maximum Gasteiger partial charge on any atom is 0.235 e. The highest BCUT2D eigenvalue weighted by Crippen LogP contribution is 2.39. The van der Waals surface area contributed by atoms with E-state index in [1.807, 2.05) is 14.0 Å². The molecule has 3 rings (SSSR count). The number of carbonyl (C=O) groups excluding carboxylic acids is 1. The van der Waals surface area contributed by atoms with E-state index in [2.05, 4.69) is 26.9 Å². The van der Waals surface area contributed by atoms with Gasteiger partial charge in [-0.3, -0.25) is 4.79 Å². The molecule has 1 saturated heterocycles. The number of rotatable bonds is 6. The average molecular weight is 454 g/mol. The highest BCUT2D eigenvalue weighted by Gasteiger charge is 2.28. The summed E-state index contributed by atoms with van der Waals surface area (Å²) in [6, 6.07) is 6.98. The molecule has 3 heterocycles. The second-order valence-electron chi connectivity index (χ2n) is 7.50. The molecule has 8 nitrogen and oxygen atoms in total. The van der Waals surface area contributed by atoms with Crippen molar-refractivity contribution in [2.24, 2.45) is 5.73 Å². The maximum atomic E-state index is 13.3. The third kappa shape index (κ3) is 4.98. The summed E-state index contributed by atoms with van der Waals surface area (Å²) in [5.41, 5.74) is 7.28. The molecular formula is C22H24FN7OS. The minimum absolute atomic E-state index is 0.256. The lowest BCUT2D eigenvalue weighted by Crippen LogP contribution is -2.30. The normalized spacial score (nSPS) is 15.5. The number of hydrogen-bond donors (Lipinski definition) is 1. The summed E-state index contributed by atoms with van der Waals surface area (Å²) in [5.74, 6) is -0.811. The summed E-state index contributed by atoms with van der Waals surface area (Å²) >= 11 is 1.02. The topological polar surface area (TPSA) is 123 Å². The van der Waals surface area contributed by atoms with Crippen molar-refractivity contribution in [1.29, 1.82) is 10.5 Å². The Balaban J connectivity index is 2.11. The van der Waals surface area contributed by atoms with Gasteiger partial charge in [-0.15, -0.1) is 0 Å². The van der Waals surface area contributed by atoms with E-state index in [-0.39, 0.29) is 5.56 Å². The van der Waals surface area contributed by atoms with Crippen LogP contribution in [0.5, 0.6) is 0 Å². The van der Waals surface area contributed by atoms with Gasteiger partial charge in [0.05, 0.1) is 11.1 Å². The Morgan fingerprint density at radius 2 is 2.00 bits per heavy atom. The zero-order chi connectivity index (χ0) is 23.3. The van der Waals surface area contributed by atoms with Crippen LogP contribution in [-0.4, -0.2) is 54.0 Å². The number of aromatic nitrogens is 2. The predicted octanol–water partition coefficient (Wildman–Crippen LogP) is 2.38. The van der Waals surface area contributed by atoms with Gasteiger partial charge in [-0.2, -0.15) is 14.9 Å². The van der Waals surface area contributed by atoms with Crippen molar-refractivity contribution in [3.8, 4) is 12.1 Å². The quantitative estimate of drug-likeness (QED) is 0.522. The van der Waals surface area contributed by atoms with Crippen LogP contribution in [0.4, 0.5) is 10.2 Å². The second-order valence-corrected chi connectivity index (χ2v) is 8.60. The van der Waals surface area contributed by atoms with E-state index in [0.717, 1.165) is 43.9 Å². The molecule has 32 heavy (non-hydrogen) atoms. The molecule has 1 aliphatic rings. The minimum atomic E-state index is -0.913. The van der Waals surface area contributed by atoms with Crippen molar-refractivity contribution in [3.05, 3.63) is 46.5 Å². The Bertz CT molecular complexity index is 1080. The summed E-state index contributed by atoms with van der Waals surface area (Å²) in [5, 5.41) is 19.2. The molecule has 0 aromatic carbocycles. The predicted molar refractivity (Wildman–Crippen MR) is 119 cm³/mol. The Labute approximate surface area is 190 Å². The third-order valence-electron chi connectivity index (χ3n) is 5.39. The Morgan fingerprint density at radius 1 is 1.25 bits per heavy atom. The number of pyridine rings is 2. The summed E-state index contributed by atoms with van der Waals surface area (Å²) in [6.45, 7) is 5.06. The second kappa shape index (κ2) is 10.4. The molecule has 2 aromatic rings. The van der Waals surface area contributed by atoms with Crippen molar-refractivity contribution in [1.82, 2.24) is 14.9 Å². The average Bonchev–Trinajstić information content (AvgIpc) is 3.01. The van der Waals surface area contributed by atoms with Crippen LogP contribution in [0.3, 0.4) is 0 Å². The molecule has 10 heteroatoms. The summed E-state index contributed by atoms with van der Waals surface area (Å²) < 4.78 is 13.3. The van der Waals surface area contributed by atoms with Crippen LogP contribution in [0.2, 0.25) is 0 Å². The van der Waals surface area contributed by atoms with E-state index in [1.54, 1.807) is 0 Å². The van der Waals surface area contributed by atoms with Crippen molar-refractivity contribution in [2.45, 2.75) is 30.0 Å². The summed E-state index contributed by atoms with van der Waals surface area (Å²) in [6.07, 6.45) is 2.62. The number of likely N-dealkylation sites (N-methyl/N-ethyl adjacent to an activating group) is 1. The van der Waals surface area contributed by atoms with Crippen LogP contribution in [0, 0.1) is 28.6 Å². The number of nitrogens with zero attached hydrogens (tertiary/aromatic N) is 6. The van der Waals surface area contributed by atoms with Crippen molar-refractivity contribution >= 4 is 23.5 Å². The first-order valence-corrected chi connectivity index (χ1v) is 11.2. The Morgan fingerprint density at radius 3 is 2.59 bits per heavy atom. The molecule has 1 aliphatic heterocycles. The number of nitrogens with two attached hydrogens (primary N) is 1. The van der Waals surface area contributed by atoms with E-state index >= 15 is 0 Å². The van der Waals surface area contributed by atoms with Crippen LogP contribution in [0.25, 0.3) is 0 Å². The van der Waals surface area contributed by atoms with Gasteiger partial charge in [0.1, 0.15) is 28.2 Å². The molecule has 2 aromatic heterocycles. The number of nitriles is 2. The van der Waals surface area contributed by atoms with E-state index in [9.17, 15) is 19.7 Å². The molecular weight excluding hydrogens is 429 g/mol. The fourth-order valence-corrected chi connectivity index (χ4v) is 4.74. The zero-order valence-electron chi connectivity index (χ0n) is 18.0. The van der Waals surface area contributed by atoms with Gasteiger partial charge in [0.25, 0.3) is 0 Å². The molecule has 1 amide bonds. The van der Waals surface area contributed by atoms with Crippen LogP contribution < -0.4 is 10.6 Å². The molecule has 0 saturated carbocycles. The minimum Gasteiger partial charge on any atom is -0.368 e. The highest BCUT2D eigenvalue weighted by atomic mass is 32.2.